The number of nitrogens with one attached hydrogen (secondary N) is 1. The topological polar surface area (TPSA) is 62.1 Å². The summed E-state index contributed by atoms with van der Waals surface area (Å²) in [6, 6.07) is 6.84. The molecule has 21 heavy (non-hydrogen) atoms. The van der Waals surface area contributed by atoms with E-state index < -0.39 is 24.9 Å². The van der Waals surface area contributed by atoms with Crippen molar-refractivity contribution in [3.8, 4) is 0 Å². The highest BCUT2D eigenvalue weighted by Gasteiger charge is 2.21. The molecule has 1 atom stereocenters. The lowest BCUT2D eigenvalue weighted by atomic mass is 10.0. The molecule has 7 heteroatoms. The lowest BCUT2D eigenvalue weighted by molar-refractivity contribution is -0.132. The van der Waals surface area contributed by atoms with Crippen LogP contribution in [0.2, 0.25) is 0 Å². The number of nitrogens with two attached hydrogens (primary N) is 1. The smallest absolute Gasteiger partial charge is 0.255 e. The molecular formula is C14H18ClF2N3O. The van der Waals surface area contributed by atoms with Crippen molar-refractivity contribution in [1.82, 2.24) is 9.88 Å². The molecule has 0 saturated carbocycles. The molecule has 1 aromatic carbocycles. The molecule has 3 N–H and O–H groups in total. The van der Waals surface area contributed by atoms with Gasteiger partial charge in [0, 0.05) is 24.1 Å². The van der Waals surface area contributed by atoms with Crippen molar-refractivity contribution in [2.45, 2.75) is 18.9 Å². The Hall–Kier alpha value is -1.66. The molecule has 0 fully saturated rings. The van der Waals surface area contributed by atoms with Crippen LogP contribution in [0.5, 0.6) is 0 Å². The van der Waals surface area contributed by atoms with Gasteiger partial charge in [0.05, 0.1) is 12.6 Å². The molecule has 116 valence electrons. The third-order valence-electron chi connectivity index (χ3n) is 3.22. The fraction of sp³-hybridized carbons (Fsp3) is 0.357. The van der Waals surface area contributed by atoms with Gasteiger partial charge in [0.25, 0.3) is 6.43 Å². The number of halogens is 3. The van der Waals surface area contributed by atoms with Crippen molar-refractivity contribution in [3.05, 3.63) is 36.0 Å². The summed E-state index contributed by atoms with van der Waals surface area (Å²) in [6.45, 7) is -0.597. The number of amides is 1. The average Bonchev–Trinajstić information content (AvgIpc) is 2.80. The van der Waals surface area contributed by atoms with E-state index in [1.165, 1.54) is 7.05 Å². The van der Waals surface area contributed by atoms with Crippen molar-refractivity contribution >= 4 is 29.2 Å². The summed E-state index contributed by atoms with van der Waals surface area (Å²) in [5.74, 6) is -0.476. The number of aromatic nitrogens is 1. The Morgan fingerprint density at radius 1 is 1.38 bits per heavy atom. The molecule has 0 spiro atoms. The summed E-state index contributed by atoms with van der Waals surface area (Å²) in [5.41, 5.74) is 7.70. The van der Waals surface area contributed by atoms with Crippen molar-refractivity contribution in [1.29, 1.82) is 0 Å². The van der Waals surface area contributed by atoms with Crippen molar-refractivity contribution in [2.24, 2.45) is 5.73 Å². The van der Waals surface area contributed by atoms with Crippen LogP contribution in [0.3, 0.4) is 0 Å². The van der Waals surface area contributed by atoms with Crippen LogP contribution in [0.4, 0.5) is 8.78 Å². The van der Waals surface area contributed by atoms with Crippen molar-refractivity contribution < 1.29 is 13.6 Å². The molecule has 0 saturated heterocycles. The van der Waals surface area contributed by atoms with Crippen LogP contribution in [-0.2, 0) is 11.2 Å². The van der Waals surface area contributed by atoms with Gasteiger partial charge in [-0.25, -0.2) is 8.78 Å². The maximum Gasteiger partial charge on any atom is 0.255 e. The highest BCUT2D eigenvalue weighted by Crippen LogP contribution is 2.19. The van der Waals surface area contributed by atoms with Crippen molar-refractivity contribution in [2.75, 3.05) is 13.6 Å². The van der Waals surface area contributed by atoms with Crippen LogP contribution in [0.15, 0.2) is 30.5 Å². The quantitative estimate of drug-likeness (QED) is 0.888. The third-order valence-corrected chi connectivity index (χ3v) is 3.22. The average molecular weight is 318 g/mol. The van der Waals surface area contributed by atoms with E-state index in [4.69, 9.17) is 5.73 Å². The summed E-state index contributed by atoms with van der Waals surface area (Å²) in [6.07, 6.45) is -0.439. The maximum atomic E-state index is 12.3. The van der Waals surface area contributed by atoms with Gasteiger partial charge in [-0.3, -0.25) is 4.79 Å². The van der Waals surface area contributed by atoms with Gasteiger partial charge in [-0.15, -0.1) is 12.4 Å². The monoisotopic (exact) mass is 317 g/mol. The van der Waals surface area contributed by atoms with Gasteiger partial charge in [-0.2, -0.15) is 0 Å². The number of hydrogen-bond donors (Lipinski definition) is 2. The summed E-state index contributed by atoms with van der Waals surface area (Å²) in [4.78, 5) is 16.0. The molecule has 2 aromatic rings. The number of carbonyl (C=O) groups is 1. The summed E-state index contributed by atoms with van der Waals surface area (Å²) >= 11 is 0. The van der Waals surface area contributed by atoms with E-state index in [2.05, 4.69) is 4.98 Å². The van der Waals surface area contributed by atoms with Crippen LogP contribution in [0.1, 0.15) is 5.56 Å². The van der Waals surface area contributed by atoms with Gasteiger partial charge in [0.15, 0.2) is 0 Å². The Morgan fingerprint density at radius 3 is 2.71 bits per heavy atom. The molecule has 0 unspecified atom stereocenters. The number of hydrogen-bond acceptors (Lipinski definition) is 2. The summed E-state index contributed by atoms with van der Waals surface area (Å²) in [7, 11) is 1.34. The number of nitrogens with zero attached hydrogens (tertiary/aromatic N) is 1. The Kier molecular flexibility index (Phi) is 6.11. The largest absolute Gasteiger partial charge is 0.361 e. The maximum absolute atomic E-state index is 12.3. The molecule has 0 aliphatic carbocycles. The normalized spacial score (nSPS) is 12.2. The molecular weight excluding hydrogens is 300 g/mol. The van der Waals surface area contributed by atoms with Gasteiger partial charge in [-0.1, -0.05) is 18.2 Å². The minimum absolute atomic E-state index is 0. The minimum atomic E-state index is -2.55. The fourth-order valence-electron chi connectivity index (χ4n) is 2.20. The number of benzene rings is 1. The third kappa shape index (κ3) is 4.15. The van der Waals surface area contributed by atoms with Crippen LogP contribution in [0, 0.1) is 0 Å². The molecule has 0 radical (unpaired) electrons. The SMILES string of the molecule is CN(CC(F)F)C(=O)[C@@H](N)Cc1c[nH]c2ccccc12.Cl. The van der Waals surface area contributed by atoms with E-state index in [0.717, 1.165) is 21.4 Å². The zero-order valence-electron chi connectivity index (χ0n) is 11.6. The highest BCUT2D eigenvalue weighted by molar-refractivity contribution is 5.86. The second kappa shape index (κ2) is 7.38. The first kappa shape index (κ1) is 17.4. The zero-order chi connectivity index (χ0) is 14.7. The standard InChI is InChI=1S/C14H17F2N3O.ClH/c1-19(8-13(15)16)14(20)11(17)6-9-7-18-12-5-3-2-4-10(9)12;/h2-5,7,11,13,18H,6,8,17H2,1H3;1H/t11-;/m0./s1. The first-order valence-electron chi connectivity index (χ1n) is 6.32. The molecule has 4 nitrogen and oxygen atoms in total. The second-order valence-corrected chi connectivity index (χ2v) is 4.78. The number of carbonyl (C=O) groups excluding carboxylic acids is 1. The number of rotatable bonds is 5. The fourth-order valence-corrected chi connectivity index (χ4v) is 2.20. The number of para-hydroxylation sites is 1. The Labute approximate surface area is 127 Å². The number of alkyl halides is 2. The van der Waals surface area contributed by atoms with E-state index in [-0.39, 0.29) is 12.4 Å². The second-order valence-electron chi connectivity index (χ2n) is 4.78. The Bertz CT molecular complexity index is 603. The van der Waals surface area contributed by atoms with Crippen LogP contribution in [0.25, 0.3) is 10.9 Å². The number of aromatic amines is 1. The number of likely N-dealkylation sites (N-methyl/N-ethyl adjacent to an activating group) is 1. The predicted molar refractivity (Wildman–Crippen MR) is 80.9 cm³/mol. The lowest BCUT2D eigenvalue weighted by Gasteiger charge is -2.20. The predicted octanol–water partition coefficient (Wildman–Crippen LogP) is 2.18. The molecule has 1 heterocycles. The van der Waals surface area contributed by atoms with Crippen molar-refractivity contribution in [3.63, 3.8) is 0 Å². The zero-order valence-corrected chi connectivity index (χ0v) is 12.4. The van der Waals surface area contributed by atoms with Gasteiger partial charge < -0.3 is 15.6 Å². The summed E-state index contributed by atoms with van der Waals surface area (Å²) in [5, 5.41) is 0.993. The van der Waals surface area contributed by atoms with Gasteiger partial charge in [0.2, 0.25) is 5.91 Å². The molecule has 2 rings (SSSR count). The van der Waals surface area contributed by atoms with E-state index in [1.807, 2.05) is 24.3 Å². The minimum Gasteiger partial charge on any atom is -0.361 e. The first-order chi connectivity index (χ1) is 9.49. The number of fused-ring (bicyclic) bond motifs is 1. The number of H-pyrrole nitrogens is 1. The molecule has 0 aliphatic rings. The van der Waals surface area contributed by atoms with E-state index in [9.17, 15) is 13.6 Å². The van der Waals surface area contributed by atoms with Gasteiger partial charge in [-0.05, 0) is 18.1 Å². The molecule has 0 aliphatic heterocycles. The summed E-state index contributed by atoms with van der Waals surface area (Å²) < 4.78 is 24.5. The van der Waals surface area contributed by atoms with Crippen LogP contribution < -0.4 is 5.73 Å². The lowest BCUT2D eigenvalue weighted by Crippen LogP contribution is -2.44. The Balaban J connectivity index is 0.00000220. The van der Waals surface area contributed by atoms with E-state index in [1.54, 1.807) is 6.20 Å². The molecule has 1 amide bonds. The Morgan fingerprint density at radius 2 is 2.05 bits per heavy atom. The van der Waals surface area contributed by atoms with Crippen LogP contribution >= 0.6 is 12.4 Å². The van der Waals surface area contributed by atoms with E-state index in [0.29, 0.717) is 6.42 Å². The molecule has 0 bridgehead atoms. The van der Waals surface area contributed by atoms with Gasteiger partial charge in [0.1, 0.15) is 0 Å². The van der Waals surface area contributed by atoms with Crippen LogP contribution in [-0.4, -0.2) is 41.9 Å². The van der Waals surface area contributed by atoms with Gasteiger partial charge >= 0.3 is 0 Å². The first-order valence-corrected chi connectivity index (χ1v) is 6.32. The highest BCUT2D eigenvalue weighted by atomic mass is 35.5. The van der Waals surface area contributed by atoms with E-state index >= 15 is 0 Å². The molecule has 1 aromatic heterocycles.